The van der Waals surface area contributed by atoms with Gasteiger partial charge in [-0.3, -0.25) is 14.6 Å². The second kappa shape index (κ2) is 6.80. The molecule has 1 aliphatic heterocycles. The quantitative estimate of drug-likeness (QED) is 0.916. The van der Waals surface area contributed by atoms with Crippen LogP contribution in [0.3, 0.4) is 0 Å². The van der Waals surface area contributed by atoms with Gasteiger partial charge in [0, 0.05) is 25.1 Å². The van der Waals surface area contributed by atoms with Gasteiger partial charge in [-0.05, 0) is 50.8 Å². The Morgan fingerprint density at radius 3 is 3.00 bits per heavy atom. The molecule has 0 aliphatic carbocycles. The molecule has 1 N–H and O–H groups in total. The largest absolute Gasteiger partial charge is 0.316 e. The van der Waals surface area contributed by atoms with E-state index in [-0.39, 0.29) is 0 Å². The van der Waals surface area contributed by atoms with Gasteiger partial charge in [0.25, 0.3) is 0 Å². The minimum atomic E-state index is 0.664. The van der Waals surface area contributed by atoms with Crippen molar-refractivity contribution in [2.45, 2.75) is 39.2 Å². The minimum absolute atomic E-state index is 0.664. The van der Waals surface area contributed by atoms with Gasteiger partial charge in [-0.15, -0.1) is 0 Å². The molecule has 1 aliphatic rings. The maximum absolute atomic E-state index is 4.60. The Hall–Kier alpha value is -1.75. The van der Waals surface area contributed by atoms with Crippen molar-refractivity contribution in [3.05, 3.63) is 30.4 Å². The summed E-state index contributed by atoms with van der Waals surface area (Å²) < 4.78 is 2.03. The Bertz CT molecular complexity index is 572. The van der Waals surface area contributed by atoms with Crippen molar-refractivity contribution in [2.75, 3.05) is 13.1 Å². The third kappa shape index (κ3) is 3.29. The van der Waals surface area contributed by atoms with Crippen molar-refractivity contribution in [3.8, 4) is 11.4 Å². The summed E-state index contributed by atoms with van der Waals surface area (Å²) in [7, 11) is 0. The molecule has 1 unspecified atom stereocenters. The fraction of sp³-hybridized carbons (Fsp3) is 0.562. The summed E-state index contributed by atoms with van der Waals surface area (Å²) in [5, 5.41) is 7.88. The number of piperidine rings is 1. The zero-order chi connectivity index (χ0) is 14.5. The van der Waals surface area contributed by atoms with Crippen molar-refractivity contribution >= 4 is 0 Å². The van der Waals surface area contributed by atoms with Crippen LogP contribution in [0.15, 0.2) is 24.7 Å². The molecule has 5 nitrogen and oxygen atoms in total. The monoisotopic (exact) mass is 285 g/mol. The molecular formula is C16H23N5. The number of aryl methyl sites for hydroxylation is 1. The number of nitrogens with zero attached hydrogens (tertiary/aromatic N) is 4. The van der Waals surface area contributed by atoms with Crippen LogP contribution in [0.1, 0.15) is 31.9 Å². The Balaban J connectivity index is 1.86. The van der Waals surface area contributed by atoms with Crippen molar-refractivity contribution in [3.63, 3.8) is 0 Å². The molecule has 5 heteroatoms. The Morgan fingerprint density at radius 1 is 1.29 bits per heavy atom. The van der Waals surface area contributed by atoms with Gasteiger partial charge in [0.2, 0.25) is 0 Å². The summed E-state index contributed by atoms with van der Waals surface area (Å²) in [6, 6.07) is 2.04. The lowest BCUT2D eigenvalue weighted by molar-refractivity contribution is 0.373. The maximum atomic E-state index is 4.60. The van der Waals surface area contributed by atoms with Crippen LogP contribution in [0.5, 0.6) is 0 Å². The highest BCUT2D eigenvalue weighted by Crippen LogP contribution is 2.24. The molecule has 1 saturated heterocycles. The molecule has 0 spiro atoms. The SMILES string of the molecule is CCCn1nccc1-c1nccnc1CC1CCCNC1. The summed E-state index contributed by atoms with van der Waals surface area (Å²) >= 11 is 0. The highest BCUT2D eigenvalue weighted by molar-refractivity contribution is 5.56. The first-order chi connectivity index (χ1) is 10.4. The molecule has 2 aromatic heterocycles. The molecule has 21 heavy (non-hydrogen) atoms. The lowest BCUT2D eigenvalue weighted by atomic mass is 9.93. The first-order valence-electron chi connectivity index (χ1n) is 7.91. The van der Waals surface area contributed by atoms with Crippen LogP contribution in [0.4, 0.5) is 0 Å². The molecule has 2 aromatic rings. The van der Waals surface area contributed by atoms with Crippen molar-refractivity contribution in [2.24, 2.45) is 5.92 Å². The van der Waals surface area contributed by atoms with Gasteiger partial charge in [0.15, 0.2) is 0 Å². The van der Waals surface area contributed by atoms with Gasteiger partial charge >= 0.3 is 0 Å². The molecule has 3 rings (SSSR count). The second-order valence-electron chi connectivity index (χ2n) is 5.71. The predicted octanol–water partition coefficient (Wildman–Crippen LogP) is 2.29. The highest BCUT2D eigenvalue weighted by atomic mass is 15.3. The van der Waals surface area contributed by atoms with Gasteiger partial charge in [0.1, 0.15) is 5.69 Å². The van der Waals surface area contributed by atoms with E-state index in [2.05, 4.69) is 27.3 Å². The fourth-order valence-corrected chi connectivity index (χ4v) is 3.03. The number of hydrogen-bond donors (Lipinski definition) is 1. The van der Waals surface area contributed by atoms with E-state index in [1.165, 1.54) is 12.8 Å². The van der Waals surface area contributed by atoms with Crippen molar-refractivity contribution in [1.82, 2.24) is 25.1 Å². The zero-order valence-electron chi connectivity index (χ0n) is 12.6. The molecule has 3 heterocycles. The molecule has 0 amide bonds. The van der Waals surface area contributed by atoms with Crippen LogP contribution >= 0.6 is 0 Å². The first kappa shape index (κ1) is 14.2. The van der Waals surface area contributed by atoms with E-state index in [9.17, 15) is 0 Å². The molecular weight excluding hydrogens is 262 g/mol. The molecule has 0 aromatic carbocycles. The lowest BCUT2D eigenvalue weighted by Gasteiger charge is -2.23. The third-order valence-corrected chi connectivity index (χ3v) is 4.05. The number of nitrogens with one attached hydrogen (secondary N) is 1. The predicted molar refractivity (Wildman–Crippen MR) is 82.8 cm³/mol. The van der Waals surface area contributed by atoms with E-state index in [4.69, 9.17) is 0 Å². The number of rotatable bonds is 5. The third-order valence-electron chi connectivity index (χ3n) is 4.05. The summed E-state index contributed by atoms with van der Waals surface area (Å²) in [5.74, 6) is 0.664. The van der Waals surface area contributed by atoms with Crippen LogP contribution in [0, 0.1) is 5.92 Å². The smallest absolute Gasteiger partial charge is 0.110 e. The van der Waals surface area contributed by atoms with Crippen molar-refractivity contribution in [1.29, 1.82) is 0 Å². The normalized spacial score (nSPS) is 18.8. The zero-order valence-corrected chi connectivity index (χ0v) is 12.6. The van der Waals surface area contributed by atoms with Crippen LogP contribution in [-0.4, -0.2) is 32.8 Å². The van der Waals surface area contributed by atoms with Crippen LogP contribution < -0.4 is 5.32 Å². The summed E-state index contributed by atoms with van der Waals surface area (Å²) in [6.07, 6.45) is 10.0. The first-order valence-corrected chi connectivity index (χ1v) is 7.91. The van der Waals surface area contributed by atoms with Gasteiger partial charge in [-0.2, -0.15) is 5.10 Å². The summed E-state index contributed by atoms with van der Waals surface area (Å²) in [5.41, 5.74) is 3.18. The van der Waals surface area contributed by atoms with E-state index >= 15 is 0 Å². The summed E-state index contributed by atoms with van der Waals surface area (Å²) in [4.78, 5) is 9.18. The number of hydrogen-bond acceptors (Lipinski definition) is 4. The van der Waals surface area contributed by atoms with E-state index in [1.807, 2.05) is 16.9 Å². The van der Waals surface area contributed by atoms with E-state index in [0.717, 1.165) is 49.6 Å². The van der Waals surface area contributed by atoms with Crippen LogP contribution in [0.2, 0.25) is 0 Å². The van der Waals surface area contributed by atoms with E-state index < -0.39 is 0 Å². The minimum Gasteiger partial charge on any atom is -0.316 e. The van der Waals surface area contributed by atoms with E-state index in [1.54, 1.807) is 12.4 Å². The second-order valence-corrected chi connectivity index (χ2v) is 5.71. The number of aromatic nitrogens is 4. The van der Waals surface area contributed by atoms with E-state index in [0.29, 0.717) is 5.92 Å². The average Bonchev–Trinajstić information content (AvgIpc) is 2.97. The van der Waals surface area contributed by atoms with Gasteiger partial charge in [-0.1, -0.05) is 6.92 Å². The van der Waals surface area contributed by atoms with Gasteiger partial charge in [0.05, 0.1) is 11.4 Å². The standard InChI is InChI=1S/C16H23N5/c1-2-10-21-15(5-7-20-21)16-14(18-8-9-19-16)11-13-4-3-6-17-12-13/h5,7-9,13,17H,2-4,6,10-12H2,1H3. The van der Waals surface area contributed by atoms with Crippen LogP contribution in [-0.2, 0) is 13.0 Å². The molecule has 112 valence electrons. The molecule has 1 fully saturated rings. The Morgan fingerprint density at radius 2 is 2.19 bits per heavy atom. The highest BCUT2D eigenvalue weighted by Gasteiger charge is 2.18. The summed E-state index contributed by atoms with van der Waals surface area (Å²) in [6.45, 7) is 5.32. The maximum Gasteiger partial charge on any atom is 0.110 e. The average molecular weight is 285 g/mol. The fourth-order valence-electron chi connectivity index (χ4n) is 3.03. The topological polar surface area (TPSA) is 55.6 Å². The van der Waals surface area contributed by atoms with Crippen molar-refractivity contribution < 1.29 is 0 Å². The Labute approximate surface area is 125 Å². The molecule has 0 saturated carbocycles. The van der Waals surface area contributed by atoms with Gasteiger partial charge < -0.3 is 5.32 Å². The van der Waals surface area contributed by atoms with Crippen LogP contribution in [0.25, 0.3) is 11.4 Å². The molecule has 0 bridgehead atoms. The lowest BCUT2D eigenvalue weighted by Crippen LogP contribution is -2.31. The molecule has 0 radical (unpaired) electrons. The van der Waals surface area contributed by atoms with Gasteiger partial charge in [-0.25, -0.2) is 0 Å². The molecule has 1 atom stereocenters. The Kier molecular flexibility index (Phi) is 4.60.